The van der Waals surface area contributed by atoms with Crippen molar-refractivity contribution in [3.63, 3.8) is 0 Å². The van der Waals surface area contributed by atoms with E-state index in [0.29, 0.717) is 49.3 Å². The number of benzene rings is 1. The van der Waals surface area contributed by atoms with Gasteiger partial charge in [0.2, 0.25) is 11.8 Å². The molecule has 2 heterocycles. The van der Waals surface area contributed by atoms with Crippen molar-refractivity contribution in [2.45, 2.75) is 26.8 Å². The summed E-state index contributed by atoms with van der Waals surface area (Å²) in [6.45, 7) is 5.36. The van der Waals surface area contributed by atoms with Gasteiger partial charge in [0.25, 0.3) is 0 Å². The van der Waals surface area contributed by atoms with Crippen LogP contribution in [0.1, 0.15) is 25.6 Å². The molecule has 9 nitrogen and oxygen atoms in total. The highest BCUT2D eigenvalue weighted by atomic mass is 16.6. The topological polar surface area (TPSA) is 101 Å². The van der Waals surface area contributed by atoms with E-state index in [1.54, 1.807) is 29.2 Å². The summed E-state index contributed by atoms with van der Waals surface area (Å²) in [6, 6.07) is 6.78. The van der Waals surface area contributed by atoms with Gasteiger partial charge in [-0.3, -0.25) is 4.90 Å². The number of urea groups is 1. The third-order valence-corrected chi connectivity index (χ3v) is 3.98. The van der Waals surface area contributed by atoms with Crippen LogP contribution in [-0.4, -0.2) is 46.9 Å². The van der Waals surface area contributed by atoms with E-state index >= 15 is 0 Å². The summed E-state index contributed by atoms with van der Waals surface area (Å²) in [4.78, 5) is 27.3. The second kappa shape index (κ2) is 7.85. The molecule has 2 aromatic rings. The highest BCUT2D eigenvalue weighted by Gasteiger charge is 2.24. The molecule has 1 aliphatic heterocycles. The maximum Gasteiger partial charge on any atom is 0.414 e. The lowest BCUT2D eigenvalue weighted by Crippen LogP contribution is -2.34. The molecule has 1 aliphatic rings. The normalized spacial score (nSPS) is 13.6. The van der Waals surface area contributed by atoms with Crippen LogP contribution in [0.3, 0.4) is 0 Å². The maximum absolute atomic E-state index is 12.5. The number of cyclic esters (lactones) is 1. The van der Waals surface area contributed by atoms with E-state index in [9.17, 15) is 9.59 Å². The van der Waals surface area contributed by atoms with Crippen molar-refractivity contribution in [3.8, 4) is 0 Å². The molecule has 1 aromatic heterocycles. The van der Waals surface area contributed by atoms with Crippen molar-refractivity contribution < 1.29 is 18.7 Å². The number of ether oxygens (including phenoxy) is 1. The average molecular weight is 359 g/mol. The molecule has 138 valence electrons. The first kappa shape index (κ1) is 17.7. The molecule has 3 amide bonds. The summed E-state index contributed by atoms with van der Waals surface area (Å²) < 4.78 is 10.4. The van der Waals surface area contributed by atoms with E-state index in [2.05, 4.69) is 15.5 Å². The highest BCUT2D eigenvalue weighted by Crippen LogP contribution is 2.22. The molecule has 9 heteroatoms. The zero-order chi connectivity index (χ0) is 18.5. The molecule has 0 unspecified atom stereocenters. The van der Waals surface area contributed by atoms with E-state index in [-0.39, 0.29) is 18.7 Å². The lowest BCUT2D eigenvalue weighted by atomic mass is 10.2. The quantitative estimate of drug-likeness (QED) is 0.851. The van der Waals surface area contributed by atoms with Crippen molar-refractivity contribution in [1.82, 2.24) is 15.1 Å². The summed E-state index contributed by atoms with van der Waals surface area (Å²) >= 11 is 0. The van der Waals surface area contributed by atoms with Gasteiger partial charge in [-0.25, -0.2) is 9.59 Å². The Kier molecular flexibility index (Phi) is 5.35. The summed E-state index contributed by atoms with van der Waals surface area (Å²) in [5.74, 6) is 0.939. The zero-order valence-electron chi connectivity index (χ0n) is 14.8. The Bertz CT molecular complexity index is 791. The van der Waals surface area contributed by atoms with Gasteiger partial charge in [0.1, 0.15) is 13.2 Å². The Morgan fingerprint density at radius 3 is 2.77 bits per heavy atom. The minimum atomic E-state index is -0.383. The second-order valence-corrected chi connectivity index (χ2v) is 5.70. The maximum atomic E-state index is 12.5. The van der Waals surface area contributed by atoms with Gasteiger partial charge < -0.3 is 19.4 Å². The fraction of sp³-hybridized carbons (Fsp3) is 0.412. The van der Waals surface area contributed by atoms with Gasteiger partial charge in [-0.2, -0.15) is 0 Å². The van der Waals surface area contributed by atoms with E-state index in [1.807, 2.05) is 13.8 Å². The first-order valence-electron chi connectivity index (χ1n) is 8.52. The third-order valence-electron chi connectivity index (χ3n) is 3.98. The number of aryl methyl sites for hydroxylation is 1. The molecule has 0 atom stereocenters. The third kappa shape index (κ3) is 3.93. The summed E-state index contributed by atoms with van der Waals surface area (Å²) in [7, 11) is 0. The van der Waals surface area contributed by atoms with Crippen LogP contribution in [-0.2, 0) is 17.7 Å². The van der Waals surface area contributed by atoms with Gasteiger partial charge in [0, 0.05) is 24.3 Å². The first-order chi connectivity index (χ1) is 12.6. The number of rotatable bonds is 6. The number of nitrogens with one attached hydrogen (secondary N) is 1. The van der Waals surface area contributed by atoms with Gasteiger partial charge in [0.05, 0.1) is 6.54 Å². The molecule has 0 saturated carbocycles. The van der Waals surface area contributed by atoms with E-state index in [4.69, 9.17) is 9.15 Å². The monoisotopic (exact) mass is 359 g/mol. The molecule has 1 saturated heterocycles. The van der Waals surface area contributed by atoms with E-state index in [0.717, 1.165) is 0 Å². The van der Waals surface area contributed by atoms with Gasteiger partial charge in [0.15, 0.2) is 0 Å². The molecule has 3 rings (SSSR count). The SMILES string of the molecule is CCc1nnc(CN(CC)C(=O)Nc2cccc(N3CCOC3=O)c2)o1. The van der Waals surface area contributed by atoms with E-state index < -0.39 is 0 Å². The number of hydrogen-bond donors (Lipinski definition) is 1. The Balaban J connectivity index is 1.66. The Hall–Kier alpha value is -3.10. The van der Waals surface area contributed by atoms with Gasteiger partial charge in [-0.1, -0.05) is 13.0 Å². The molecule has 0 spiro atoms. The molecular formula is C17H21N5O4. The smallest absolute Gasteiger partial charge is 0.414 e. The molecule has 26 heavy (non-hydrogen) atoms. The van der Waals surface area contributed by atoms with Crippen LogP contribution in [0.4, 0.5) is 21.0 Å². The minimum absolute atomic E-state index is 0.230. The van der Waals surface area contributed by atoms with E-state index in [1.165, 1.54) is 4.90 Å². The fourth-order valence-corrected chi connectivity index (χ4v) is 2.57. The lowest BCUT2D eigenvalue weighted by molar-refractivity contribution is 0.181. The number of carbonyl (C=O) groups is 2. The van der Waals surface area contributed by atoms with Gasteiger partial charge in [-0.15, -0.1) is 10.2 Å². The number of amides is 3. The average Bonchev–Trinajstić information content (AvgIpc) is 3.28. The van der Waals surface area contributed by atoms with Crippen molar-refractivity contribution in [1.29, 1.82) is 0 Å². The molecule has 1 N–H and O–H groups in total. The number of anilines is 2. The first-order valence-corrected chi connectivity index (χ1v) is 8.52. The van der Waals surface area contributed by atoms with Gasteiger partial charge >= 0.3 is 12.1 Å². The number of hydrogen-bond acceptors (Lipinski definition) is 6. The zero-order valence-corrected chi connectivity index (χ0v) is 14.8. The predicted molar refractivity (Wildman–Crippen MR) is 93.9 cm³/mol. The molecule has 0 radical (unpaired) electrons. The molecule has 1 fully saturated rings. The van der Waals surface area contributed by atoms with Crippen molar-refractivity contribution in [2.24, 2.45) is 0 Å². The number of aromatic nitrogens is 2. The molecule has 0 aliphatic carbocycles. The fourth-order valence-electron chi connectivity index (χ4n) is 2.57. The van der Waals surface area contributed by atoms with Crippen LogP contribution in [0.15, 0.2) is 28.7 Å². The second-order valence-electron chi connectivity index (χ2n) is 5.70. The van der Waals surface area contributed by atoms with Crippen molar-refractivity contribution in [3.05, 3.63) is 36.0 Å². The molecule has 0 bridgehead atoms. The summed E-state index contributed by atoms with van der Waals surface area (Å²) in [5, 5.41) is 10.7. The minimum Gasteiger partial charge on any atom is -0.447 e. The lowest BCUT2D eigenvalue weighted by Gasteiger charge is -2.20. The standard InChI is InChI=1S/C17H21N5O4/c1-3-14-19-20-15(26-14)11-21(4-2)16(23)18-12-6-5-7-13(10-12)22-8-9-25-17(22)24/h5-7,10H,3-4,8-9,11H2,1-2H3,(H,18,23). The van der Waals surface area contributed by atoms with Crippen LogP contribution in [0.2, 0.25) is 0 Å². The summed E-state index contributed by atoms with van der Waals surface area (Å²) in [5.41, 5.74) is 1.27. The highest BCUT2D eigenvalue weighted by molar-refractivity contribution is 5.93. The number of nitrogens with zero attached hydrogens (tertiary/aromatic N) is 4. The van der Waals surface area contributed by atoms with Crippen LogP contribution in [0.5, 0.6) is 0 Å². The van der Waals surface area contributed by atoms with Crippen LogP contribution in [0.25, 0.3) is 0 Å². The predicted octanol–water partition coefficient (Wildman–Crippen LogP) is 2.64. The van der Waals surface area contributed by atoms with Crippen LogP contribution < -0.4 is 10.2 Å². The van der Waals surface area contributed by atoms with Crippen LogP contribution >= 0.6 is 0 Å². The summed E-state index contributed by atoms with van der Waals surface area (Å²) in [6.07, 6.45) is 0.267. The van der Waals surface area contributed by atoms with Crippen molar-refractivity contribution in [2.75, 3.05) is 29.9 Å². The largest absolute Gasteiger partial charge is 0.447 e. The Labute approximate surface area is 150 Å². The van der Waals surface area contributed by atoms with Crippen molar-refractivity contribution >= 4 is 23.5 Å². The molecular weight excluding hydrogens is 338 g/mol. The van der Waals surface area contributed by atoms with Crippen LogP contribution in [0, 0.1) is 0 Å². The van der Waals surface area contributed by atoms with Gasteiger partial charge in [-0.05, 0) is 25.1 Å². The number of carbonyl (C=O) groups excluding carboxylic acids is 2. The Morgan fingerprint density at radius 2 is 2.12 bits per heavy atom. The Morgan fingerprint density at radius 1 is 1.31 bits per heavy atom. The molecule has 1 aromatic carbocycles.